The van der Waals surface area contributed by atoms with Crippen LogP contribution in [0.3, 0.4) is 0 Å². The zero-order valence-corrected chi connectivity index (χ0v) is 8.66. The zero-order valence-electron chi connectivity index (χ0n) is 8.66. The number of fused-ring (bicyclic) bond motifs is 1. The Hall–Kier alpha value is -1.32. The summed E-state index contributed by atoms with van der Waals surface area (Å²) in [4.78, 5) is 17.7. The summed E-state index contributed by atoms with van der Waals surface area (Å²) in [6.07, 6.45) is 3.31. The van der Waals surface area contributed by atoms with Gasteiger partial charge in [0.25, 0.3) is 0 Å². The van der Waals surface area contributed by atoms with Crippen molar-refractivity contribution < 1.29 is 4.79 Å². The minimum absolute atomic E-state index is 0.233. The van der Waals surface area contributed by atoms with Crippen LogP contribution in [-0.2, 0) is 24.8 Å². The first-order valence-corrected chi connectivity index (χ1v) is 4.99. The van der Waals surface area contributed by atoms with Gasteiger partial charge in [-0.15, -0.1) is 0 Å². The minimum Gasteiger partial charge on any atom is -0.336 e. The van der Waals surface area contributed by atoms with Crippen LogP contribution < -0.4 is 0 Å². The summed E-state index contributed by atoms with van der Waals surface area (Å²) in [6.45, 7) is 3.44. The van der Waals surface area contributed by atoms with E-state index in [-0.39, 0.29) is 5.91 Å². The van der Waals surface area contributed by atoms with Crippen molar-refractivity contribution >= 4 is 5.91 Å². The molecule has 0 unspecified atom stereocenters. The van der Waals surface area contributed by atoms with Gasteiger partial charge in [-0.25, -0.2) is 4.98 Å². The molecule has 1 aliphatic rings. The van der Waals surface area contributed by atoms with Gasteiger partial charge >= 0.3 is 0 Å². The maximum atomic E-state index is 11.5. The lowest BCUT2D eigenvalue weighted by Crippen LogP contribution is -2.36. The lowest BCUT2D eigenvalue weighted by Gasteiger charge is -2.26. The maximum Gasteiger partial charge on any atom is 0.222 e. The summed E-state index contributed by atoms with van der Waals surface area (Å²) in [5, 5.41) is 0. The summed E-state index contributed by atoms with van der Waals surface area (Å²) in [7, 11) is 1.98. The van der Waals surface area contributed by atoms with Crippen LogP contribution in [0.15, 0.2) is 6.33 Å². The van der Waals surface area contributed by atoms with Crippen LogP contribution in [0.5, 0.6) is 0 Å². The molecule has 1 aromatic heterocycles. The Kier molecular flexibility index (Phi) is 2.27. The molecular weight excluding hydrogens is 178 g/mol. The fourth-order valence-electron chi connectivity index (χ4n) is 1.85. The Morgan fingerprint density at radius 1 is 1.64 bits per heavy atom. The first kappa shape index (κ1) is 9.24. The molecule has 1 aliphatic heterocycles. The Morgan fingerprint density at radius 2 is 2.43 bits per heavy atom. The molecule has 4 heteroatoms. The highest BCUT2D eigenvalue weighted by Crippen LogP contribution is 2.17. The molecule has 2 rings (SSSR count). The zero-order chi connectivity index (χ0) is 10.1. The quantitative estimate of drug-likeness (QED) is 0.659. The molecule has 0 spiro atoms. The molecule has 76 valence electrons. The highest BCUT2D eigenvalue weighted by Gasteiger charge is 2.22. The first-order valence-electron chi connectivity index (χ1n) is 4.99. The number of carbonyl (C=O) groups is 1. The Balaban J connectivity index is 2.20. The number of amides is 1. The van der Waals surface area contributed by atoms with E-state index >= 15 is 0 Å². The second-order valence-electron chi connectivity index (χ2n) is 3.67. The molecule has 1 aromatic rings. The number of aromatic nitrogens is 2. The number of aryl methyl sites for hydroxylation is 1. The van der Waals surface area contributed by atoms with Crippen molar-refractivity contribution in [2.24, 2.45) is 7.05 Å². The first-order chi connectivity index (χ1) is 6.72. The molecule has 0 saturated heterocycles. The van der Waals surface area contributed by atoms with Crippen LogP contribution in [-0.4, -0.2) is 26.9 Å². The predicted octanol–water partition coefficient (Wildman–Crippen LogP) is 0.715. The molecular formula is C10H15N3O. The molecule has 0 atom stereocenters. The van der Waals surface area contributed by atoms with Crippen molar-refractivity contribution in [3.05, 3.63) is 17.7 Å². The second kappa shape index (κ2) is 3.44. The SMILES string of the molecule is CCC(=O)N1CCc2ncn(C)c2C1. The molecule has 0 aliphatic carbocycles. The number of imidazole rings is 1. The number of carbonyl (C=O) groups excluding carboxylic acids is 1. The van der Waals surface area contributed by atoms with Crippen LogP contribution in [0.25, 0.3) is 0 Å². The number of hydrogen-bond acceptors (Lipinski definition) is 2. The fourth-order valence-corrected chi connectivity index (χ4v) is 1.85. The maximum absolute atomic E-state index is 11.5. The Bertz CT molecular complexity index is 356. The normalized spacial score (nSPS) is 15.4. The van der Waals surface area contributed by atoms with E-state index in [1.165, 1.54) is 5.69 Å². The van der Waals surface area contributed by atoms with E-state index in [2.05, 4.69) is 4.98 Å². The van der Waals surface area contributed by atoms with E-state index in [0.717, 1.165) is 25.2 Å². The molecule has 0 aromatic carbocycles. The third kappa shape index (κ3) is 1.41. The highest BCUT2D eigenvalue weighted by molar-refractivity contribution is 5.76. The van der Waals surface area contributed by atoms with Gasteiger partial charge in [0.15, 0.2) is 0 Å². The average Bonchev–Trinajstić information content (AvgIpc) is 2.59. The van der Waals surface area contributed by atoms with Gasteiger partial charge in [0, 0.05) is 26.4 Å². The van der Waals surface area contributed by atoms with Crippen molar-refractivity contribution in [3.63, 3.8) is 0 Å². The van der Waals surface area contributed by atoms with Gasteiger partial charge < -0.3 is 9.47 Å². The predicted molar refractivity (Wildman–Crippen MR) is 52.6 cm³/mol. The lowest BCUT2D eigenvalue weighted by molar-refractivity contribution is -0.131. The Labute approximate surface area is 83.5 Å². The summed E-state index contributed by atoms with van der Waals surface area (Å²) < 4.78 is 2.00. The molecule has 14 heavy (non-hydrogen) atoms. The summed E-state index contributed by atoms with van der Waals surface area (Å²) in [5.74, 6) is 0.233. The van der Waals surface area contributed by atoms with Gasteiger partial charge in [-0.1, -0.05) is 6.92 Å². The molecule has 0 bridgehead atoms. The molecule has 0 saturated carbocycles. The van der Waals surface area contributed by atoms with Gasteiger partial charge in [0.05, 0.1) is 24.3 Å². The topological polar surface area (TPSA) is 38.1 Å². The van der Waals surface area contributed by atoms with E-state index < -0.39 is 0 Å². The van der Waals surface area contributed by atoms with E-state index in [1.54, 1.807) is 0 Å². The van der Waals surface area contributed by atoms with Gasteiger partial charge in [-0.3, -0.25) is 4.79 Å². The standard InChI is InChI=1S/C10H15N3O/c1-3-10(14)13-5-4-8-9(6-13)12(2)7-11-8/h7H,3-6H2,1-2H3. The number of hydrogen-bond donors (Lipinski definition) is 0. The molecule has 0 fully saturated rings. The lowest BCUT2D eigenvalue weighted by atomic mass is 10.1. The molecule has 0 radical (unpaired) electrons. The van der Waals surface area contributed by atoms with Crippen molar-refractivity contribution in [2.45, 2.75) is 26.3 Å². The Morgan fingerprint density at radius 3 is 3.14 bits per heavy atom. The second-order valence-corrected chi connectivity index (χ2v) is 3.67. The van der Waals surface area contributed by atoms with Crippen molar-refractivity contribution in [1.82, 2.24) is 14.5 Å². The number of rotatable bonds is 1. The minimum atomic E-state index is 0.233. The van der Waals surface area contributed by atoms with E-state index in [1.807, 2.05) is 29.8 Å². The van der Waals surface area contributed by atoms with Gasteiger partial charge in [0.1, 0.15) is 0 Å². The van der Waals surface area contributed by atoms with E-state index in [4.69, 9.17) is 0 Å². The van der Waals surface area contributed by atoms with Crippen molar-refractivity contribution in [3.8, 4) is 0 Å². The largest absolute Gasteiger partial charge is 0.336 e. The molecule has 4 nitrogen and oxygen atoms in total. The fraction of sp³-hybridized carbons (Fsp3) is 0.600. The van der Waals surface area contributed by atoms with Gasteiger partial charge in [-0.05, 0) is 0 Å². The van der Waals surface area contributed by atoms with Crippen molar-refractivity contribution in [2.75, 3.05) is 6.54 Å². The smallest absolute Gasteiger partial charge is 0.222 e. The van der Waals surface area contributed by atoms with Crippen LogP contribution in [0.4, 0.5) is 0 Å². The van der Waals surface area contributed by atoms with Crippen LogP contribution >= 0.6 is 0 Å². The van der Waals surface area contributed by atoms with Gasteiger partial charge in [-0.2, -0.15) is 0 Å². The van der Waals surface area contributed by atoms with E-state index in [0.29, 0.717) is 6.42 Å². The van der Waals surface area contributed by atoms with E-state index in [9.17, 15) is 4.79 Å². The van der Waals surface area contributed by atoms with Crippen LogP contribution in [0.1, 0.15) is 24.7 Å². The molecule has 0 N–H and O–H groups in total. The highest BCUT2D eigenvalue weighted by atomic mass is 16.2. The summed E-state index contributed by atoms with van der Waals surface area (Å²) in [5.41, 5.74) is 2.32. The monoisotopic (exact) mass is 193 g/mol. The van der Waals surface area contributed by atoms with Crippen molar-refractivity contribution in [1.29, 1.82) is 0 Å². The third-order valence-corrected chi connectivity index (χ3v) is 2.76. The van der Waals surface area contributed by atoms with Crippen LogP contribution in [0, 0.1) is 0 Å². The van der Waals surface area contributed by atoms with Gasteiger partial charge in [0.2, 0.25) is 5.91 Å². The van der Waals surface area contributed by atoms with Crippen LogP contribution in [0.2, 0.25) is 0 Å². The summed E-state index contributed by atoms with van der Waals surface area (Å²) in [6, 6.07) is 0. The number of nitrogens with zero attached hydrogens (tertiary/aromatic N) is 3. The molecule has 1 amide bonds. The summed E-state index contributed by atoms with van der Waals surface area (Å²) >= 11 is 0. The third-order valence-electron chi connectivity index (χ3n) is 2.76. The average molecular weight is 193 g/mol. The molecule has 2 heterocycles.